The Labute approximate surface area is 148 Å². The van der Waals surface area contributed by atoms with Crippen LogP contribution in [0.15, 0.2) is 30.3 Å². The summed E-state index contributed by atoms with van der Waals surface area (Å²) < 4.78 is 4.69. The van der Waals surface area contributed by atoms with Gasteiger partial charge in [0.05, 0.1) is 26.1 Å². The average Bonchev–Trinajstić information content (AvgIpc) is 3.09. The Bertz CT molecular complexity index is 619. The van der Waals surface area contributed by atoms with E-state index < -0.39 is 5.54 Å². The monoisotopic (exact) mass is 343 g/mol. The lowest BCUT2D eigenvalue weighted by atomic mass is 10.00. The number of rotatable bonds is 8. The fourth-order valence-electron chi connectivity index (χ4n) is 3.16. The van der Waals surface area contributed by atoms with Crippen LogP contribution in [0.3, 0.4) is 0 Å². The van der Waals surface area contributed by atoms with Crippen LogP contribution in [0.1, 0.15) is 37.7 Å². The summed E-state index contributed by atoms with van der Waals surface area (Å²) in [6.07, 6.45) is 3.56. The zero-order valence-electron chi connectivity index (χ0n) is 14.7. The van der Waals surface area contributed by atoms with Crippen LogP contribution in [0.25, 0.3) is 0 Å². The molecule has 0 atom stereocenters. The predicted molar refractivity (Wildman–Crippen MR) is 93.3 cm³/mol. The van der Waals surface area contributed by atoms with E-state index in [9.17, 15) is 14.9 Å². The fraction of sp³-hybridized carbons (Fsp3) is 0.526. The van der Waals surface area contributed by atoms with Gasteiger partial charge in [-0.3, -0.25) is 14.5 Å². The van der Waals surface area contributed by atoms with E-state index in [1.165, 1.54) is 7.11 Å². The van der Waals surface area contributed by atoms with Gasteiger partial charge in [-0.2, -0.15) is 5.26 Å². The second-order valence-corrected chi connectivity index (χ2v) is 6.47. The Morgan fingerprint density at radius 2 is 1.96 bits per heavy atom. The summed E-state index contributed by atoms with van der Waals surface area (Å²) in [6.45, 7) is 1.13. The third kappa shape index (κ3) is 5.87. The Balaban J connectivity index is 1.97. The second kappa shape index (κ2) is 9.19. The number of hydrogen-bond acceptors (Lipinski definition) is 5. The van der Waals surface area contributed by atoms with Crippen LogP contribution in [-0.4, -0.2) is 42.5 Å². The molecule has 1 aliphatic carbocycles. The highest BCUT2D eigenvalue weighted by Gasteiger charge is 2.35. The van der Waals surface area contributed by atoms with Crippen molar-refractivity contribution in [3.8, 4) is 6.07 Å². The first kappa shape index (κ1) is 18.9. The van der Waals surface area contributed by atoms with Crippen molar-refractivity contribution in [3.63, 3.8) is 0 Å². The molecule has 1 amide bonds. The molecule has 1 saturated carbocycles. The highest BCUT2D eigenvalue weighted by Crippen LogP contribution is 2.28. The normalized spacial score (nSPS) is 15.6. The molecule has 0 aliphatic heterocycles. The highest BCUT2D eigenvalue weighted by atomic mass is 16.5. The summed E-state index contributed by atoms with van der Waals surface area (Å²) in [5.41, 5.74) is 0.341. The Morgan fingerprint density at radius 3 is 2.56 bits per heavy atom. The molecule has 1 N–H and O–H groups in total. The minimum atomic E-state index is -0.724. The summed E-state index contributed by atoms with van der Waals surface area (Å²) in [5, 5.41) is 12.3. The fourth-order valence-corrected chi connectivity index (χ4v) is 3.16. The van der Waals surface area contributed by atoms with Crippen LogP contribution in [0.2, 0.25) is 0 Å². The lowest BCUT2D eigenvalue weighted by Gasteiger charge is -2.26. The van der Waals surface area contributed by atoms with Crippen molar-refractivity contribution in [2.75, 3.05) is 20.2 Å². The minimum absolute atomic E-state index is 0.148. The molecule has 2 rings (SSSR count). The number of nitrogens with one attached hydrogen (secondary N) is 1. The van der Waals surface area contributed by atoms with Gasteiger partial charge in [0.25, 0.3) is 0 Å². The van der Waals surface area contributed by atoms with Crippen molar-refractivity contribution in [2.45, 2.75) is 44.2 Å². The van der Waals surface area contributed by atoms with Gasteiger partial charge in [-0.1, -0.05) is 30.3 Å². The molecule has 6 heteroatoms. The zero-order valence-corrected chi connectivity index (χ0v) is 14.7. The maximum absolute atomic E-state index is 12.5. The molecule has 0 heterocycles. The van der Waals surface area contributed by atoms with Crippen LogP contribution in [-0.2, 0) is 20.9 Å². The summed E-state index contributed by atoms with van der Waals surface area (Å²) >= 11 is 0. The summed E-state index contributed by atoms with van der Waals surface area (Å²) in [7, 11) is 1.35. The number of esters is 1. The second-order valence-electron chi connectivity index (χ2n) is 6.47. The van der Waals surface area contributed by atoms with E-state index in [2.05, 4.69) is 16.1 Å². The van der Waals surface area contributed by atoms with Crippen molar-refractivity contribution >= 4 is 11.9 Å². The van der Waals surface area contributed by atoms with Crippen molar-refractivity contribution in [1.82, 2.24) is 10.2 Å². The van der Waals surface area contributed by atoms with Crippen molar-refractivity contribution in [2.24, 2.45) is 0 Å². The Morgan fingerprint density at radius 1 is 1.28 bits per heavy atom. The lowest BCUT2D eigenvalue weighted by molar-refractivity contribution is -0.141. The molecule has 1 fully saturated rings. The van der Waals surface area contributed by atoms with Gasteiger partial charge in [-0.25, -0.2) is 0 Å². The first-order valence-electron chi connectivity index (χ1n) is 8.62. The third-order valence-corrected chi connectivity index (χ3v) is 4.53. The minimum Gasteiger partial charge on any atom is -0.469 e. The molecular formula is C19H25N3O3. The smallest absolute Gasteiger partial charge is 0.306 e. The van der Waals surface area contributed by atoms with E-state index in [1.807, 2.05) is 35.2 Å². The third-order valence-electron chi connectivity index (χ3n) is 4.53. The molecule has 25 heavy (non-hydrogen) atoms. The number of amides is 1. The number of ether oxygens (including phenoxy) is 1. The number of nitrogens with zero attached hydrogens (tertiary/aromatic N) is 2. The van der Waals surface area contributed by atoms with Gasteiger partial charge in [-0.05, 0) is 31.2 Å². The zero-order chi connectivity index (χ0) is 18.1. The maximum Gasteiger partial charge on any atom is 0.306 e. The van der Waals surface area contributed by atoms with Crippen LogP contribution in [0.5, 0.6) is 0 Å². The summed E-state index contributed by atoms with van der Waals surface area (Å²) in [4.78, 5) is 25.8. The number of benzene rings is 1. The van der Waals surface area contributed by atoms with Gasteiger partial charge >= 0.3 is 5.97 Å². The van der Waals surface area contributed by atoms with Gasteiger partial charge in [0.1, 0.15) is 5.54 Å². The maximum atomic E-state index is 12.5. The molecule has 0 saturated heterocycles. The van der Waals surface area contributed by atoms with Crippen LogP contribution in [0.4, 0.5) is 0 Å². The van der Waals surface area contributed by atoms with Crippen LogP contribution in [0, 0.1) is 11.3 Å². The number of nitriles is 1. The number of hydrogen-bond donors (Lipinski definition) is 1. The van der Waals surface area contributed by atoms with Crippen molar-refractivity contribution in [3.05, 3.63) is 35.9 Å². The van der Waals surface area contributed by atoms with E-state index in [0.29, 0.717) is 25.9 Å². The van der Waals surface area contributed by atoms with Gasteiger partial charge in [0.15, 0.2) is 0 Å². The Kier molecular flexibility index (Phi) is 6.96. The topological polar surface area (TPSA) is 82.4 Å². The molecule has 1 aromatic rings. The van der Waals surface area contributed by atoms with E-state index in [1.54, 1.807) is 0 Å². The van der Waals surface area contributed by atoms with E-state index in [0.717, 1.165) is 18.4 Å². The molecule has 0 spiro atoms. The molecule has 0 radical (unpaired) electrons. The van der Waals surface area contributed by atoms with Crippen LogP contribution < -0.4 is 5.32 Å². The van der Waals surface area contributed by atoms with Crippen LogP contribution >= 0.6 is 0 Å². The Hall–Kier alpha value is -2.39. The average molecular weight is 343 g/mol. The number of carbonyl (C=O) groups excluding carboxylic acids is 2. The number of carbonyl (C=O) groups is 2. The summed E-state index contributed by atoms with van der Waals surface area (Å²) in [5.74, 6) is -0.480. The van der Waals surface area contributed by atoms with Gasteiger partial charge in [0.2, 0.25) is 5.91 Å². The first-order chi connectivity index (χ1) is 12.1. The molecule has 6 nitrogen and oxygen atoms in total. The SMILES string of the molecule is COC(=O)CCN(CC(=O)NC1(C#N)CCCC1)Cc1ccccc1. The molecule has 1 aliphatic rings. The standard InChI is InChI=1S/C19H25N3O3/c1-25-18(24)9-12-22(13-16-7-3-2-4-8-16)14-17(23)21-19(15-20)10-5-6-11-19/h2-4,7-8H,5-6,9-14H2,1H3,(H,21,23). The molecule has 0 bridgehead atoms. The van der Waals surface area contributed by atoms with E-state index in [4.69, 9.17) is 0 Å². The molecule has 0 unspecified atom stereocenters. The predicted octanol–water partition coefficient (Wildman–Crippen LogP) is 2.00. The van der Waals surface area contributed by atoms with E-state index in [-0.39, 0.29) is 24.8 Å². The molecular weight excluding hydrogens is 318 g/mol. The molecule has 134 valence electrons. The quantitative estimate of drug-likeness (QED) is 0.730. The van der Waals surface area contributed by atoms with Crippen molar-refractivity contribution in [1.29, 1.82) is 5.26 Å². The van der Waals surface area contributed by atoms with Gasteiger partial charge in [0, 0.05) is 13.1 Å². The van der Waals surface area contributed by atoms with Gasteiger partial charge in [-0.15, -0.1) is 0 Å². The highest BCUT2D eigenvalue weighted by molar-refractivity contribution is 5.79. The number of methoxy groups -OCH3 is 1. The largest absolute Gasteiger partial charge is 0.469 e. The first-order valence-corrected chi connectivity index (χ1v) is 8.62. The summed E-state index contributed by atoms with van der Waals surface area (Å²) in [6, 6.07) is 12.1. The lowest BCUT2D eigenvalue weighted by Crippen LogP contribution is -2.49. The van der Waals surface area contributed by atoms with Crippen molar-refractivity contribution < 1.29 is 14.3 Å². The molecule has 1 aromatic carbocycles. The molecule has 0 aromatic heterocycles. The van der Waals surface area contributed by atoms with E-state index >= 15 is 0 Å². The van der Waals surface area contributed by atoms with Gasteiger partial charge < -0.3 is 10.1 Å².